The number of benzene rings is 2. The van der Waals surface area contributed by atoms with Crippen molar-refractivity contribution in [3.63, 3.8) is 0 Å². The maximum absolute atomic E-state index is 13.1. The minimum absolute atomic E-state index is 0.0809. The van der Waals surface area contributed by atoms with Crippen LogP contribution in [0.2, 0.25) is 0 Å². The van der Waals surface area contributed by atoms with Crippen LogP contribution < -0.4 is 5.32 Å². The molecule has 1 N–H and O–H groups in total. The zero-order valence-electron chi connectivity index (χ0n) is 18.9. The van der Waals surface area contributed by atoms with E-state index in [2.05, 4.69) is 15.5 Å². The standard InChI is InChI=1S/C23H28N4O4S/c1-6-27(7-2)32(29,30)18-12-9-11-17(14-18)22(28)24-20-16(5)10-8-13-19(20)23-25-21(15(3)4)26-31-23/h8-15H,6-7H2,1-5H3,(H,24,28). The first-order valence-corrected chi connectivity index (χ1v) is 12.0. The van der Waals surface area contributed by atoms with E-state index < -0.39 is 15.9 Å². The molecule has 0 aliphatic rings. The summed E-state index contributed by atoms with van der Waals surface area (Å²) in [6.07, 6.45) is 0. The first-order valence-electron chi connectivity index (χ1n) is 10.5. The maximum Gasteiger partial charge on any atom is 0.260 e. The van der Waals surface area contributed by atoms with Gasteiger partial charge < -0.3 is 9.84 Å². The molecule has 3 aromatic rings. The Balaban J connectivity index is 1.95. The third kappa shape index (κ3) is 4.73. The summed E-state index contributed by atoms with van der Waals surface area (Å²) in [5, 5.41) is 6.89. The van der Waals surface area contributed by atoms with E-state index in [4.69, 9.17) is 4.52 Å². The van der Waals surface area contributed by atoms with Crippen LogP contribution in [-0.2, 0) is 10.0 Å². The minimum atomic E-state index is -3.67. The van der Waals surface area contributed by atoms with Gasteiger partial charge in [-0.15, -0.1) is 0 Å². The molecule has 0 atom stereocenters. The number of rotatable bonds is 8. The molecule has 0 saturated carbocycles. The summed E-state index contributed by atoms with van der Waals surface area (Å²) in [5.41, 5.74) is 2.19. The second-order valence-electron chi connectivity index (χ2n) is 7.68. The van der Waals surface area contributed by atoms with Gasteiger partial charge in [0.2, 0.25) is 10.0 Å². The monoisotopic (exact) mass is 456 g/mol. The number of hydrogen-bond acceptors (Lipinski definition) is 6. The molecule has 0 bridgehead atoms. The van der Waals surface area contributed by atoms with Gasteiger partial charge in [0.1, 0.15) is 0 Å². The highest BCUT2D eigenvalue weighted by atomic mass is 32.2. The van der Waals surface area contributed by atoms with Gasteiger partial charge in [0, 0.05) is 24.6 Å². The second-order valence-corrected chi connectivity index (χ2v) is 9.62. The predicted molar refractivity (Wildman–Crippen MR) is 123 cm³/mol. The summed E-state index contributed by atoms with van der Waals surface area (Å²) in [7, 11) is -3.67. The molecule has 8 nitrogen and oxygen atoms in total. The second kappa shape index (κ2) is 9.62. The Kier molecular flexibility index (Phi) is 7.10. The van der Waals surface area contributed by atoms with Gasteiger partial charge in [-0.25, -0.2) is 8.42 Å². The van der Waals surface area contributed by atoms with Crippen LogP contribution in [0.15, 0.2) is 51.9 Å². The van der Waals surface area contributed by atoms with Gasteiger partial charge in [-0.3, -0.25) is 4.79 Å². The van der Waals surface area contributed by atoms with Crippen LogP contribution in [0.4, 0.5) is 5.69 Å². The van der Waals surface area contributed by atoms with Crippen molar-refractivity contribution >= 4 is 21.6 Å². The van der Waals surface area contributed by atoms with Crippen LogP contribution in [0.3, 0.4) is 0 Å². The lowest BCUT2D eigenvalue weighted by molar-refractivity contribution is 0.102. The van der Waals surface area contributed by atoms with Gasteiger partial charge in [0.15, 0.2) is 5.82 Å². The molecule has 3 rings (SSSR count). The number of anilines is 1. The third-order valence-corrected chi connectivity index (χ3v) is 7.19. The molecular weight excluding hydrogens is 428 g/mol. The van der Waals surface area contributed by atoms with Crippen LogP contribution >= 0.6 is 0 Å². The summed E-state index contributed by atoms with van der Waals surface area (Å²) in [4.78, 5) is 17.6. The number of sulfonamides is 1. The summed E-state index contributed by atoms with van der Waals surface area (Å²) in [6, 6.07) is 11.5. The molecule has 9 heteroatoms. The molecule has 0 unspecified atom stereocenters. The molecule has 1 aromatic heterocycles. The fraction of sp³-hybridized carbons (Fsp3) is 0.348. The summed E-state index contributed by atoms with van der Waals surface area (Å²) in [6.45, 7) is 10.0. The number of hydrogen-bond donors (Lipinski definition) is 1. The molecule has 170 valence electrons. The van der Waals surface area contributed by atoms with Crippen molar-refractivity contribution in [3.8, 4) is 11.5 Å². The van der Waals surface area contributed by atoms with Crippen molar-refractivity contribution in [2.24, 2.45) is 0 Å². The van der Waals surface area contributed by atoms with Crippen LogP contribution in [0.5, 0.6) is 0 Å². The fourth-order valence-corrected chi connectivity index (χ4v) is 4.79. The Hall–Kier alpha value is -3.04. The Morgan fingerprint density at radius 1 is 1.12 bits per heavy atom. The molecule has 0 spiro atoms. The lowest BCUT2D eigenvalue weighted by Gasteiger charge is -2.19. The number of nitrogens with zero attached hydrogens (tertiary/aromatic N) is 3. The van der Waals surface area contributed by atoms with Crippen molar-refractivity contribution in [3.05, 3.63) is 59.4 Å². The van der Waals surface area contributed by atoms with Crippen molar-refractivity contribution in [1.82, 2.24) is 14.4 Å². The SMILES string of the molecule is CCN(CC)S(=O)(=O)c1cccc(C(=O)Nc2c(C)cccc2-c2nc(C(C)C)no2)c1. The molecule has 2 aromatic carbocycles. The van der Waals surface area contributed by atoms with E-state index in [9.17, 15) is 13.2 Å². The van der Waals surface area contributed by atoms with Gasteiger partial charge in [0.05, 0.1) is 16.1 Å². The van der Waals surface area contributed by atoms with Gasteiger partial charge in [-0.1, -0.05) is 51.1 Å². The van der Waals surface area contributed by atoms with Crippen LogP contribution in [0, 0.1) is 6.92 Å². The summed E-state index contributed by atoms with van der Waals surface area (Å²) >= 11 is 0. The van der Waals surface area contributed by atoms with Crippen molar-refractivity contribution < 1.29 is 17.7 Å². The number of aromatic nitrogens is 2. The minimum Gasteiger partial charge on any atom is -0.334 e. The molecule has 0 fully saturated rings. The molecule has 0 saturated heterocycles. The van der Waals surface area contributed by atoms with Gasteiger partial charge >= 0.3 is 0 Å². The van der Waals surface area contributed by atoms with Crippen molar-refractivity contribution in [2.75, 3.05) is 18.4 Å². The maximum atomic E-state index is 13.1. The van der Waals surface area contributed by atoms with Crippen LogP contribution in [0.25, 0.3) is 11.5 Å². The zero-order valence-corrected chi connectivity index (χ0v) is 19.7. The Bertz CT molecular complexity index is 1210. The Morgan fingerprint density at radius 3 is 2.44 bits per heavy atom. The smallest absolute Gasteiger partial charge is 0.260 e. The van der Waals surface area contributed by atoms with Crippen LogP contribution in [0.1, 0.15) is 55.4 Å². The van der Waals surface area contributed by atoms with Gasteiger partial charge in [-0.05, 0) is 36.8 Å². The molecular formula is C23H28N4O4S. The third-order valence-electron chi connectivity index (χ3n) is 5.14. The quantitative estimate of drug-likeness (QED) is 0.537. The van der Waals surface area contributed by atoms with E-state index in [1.165, 1.54) is 16.4 Å². The molecule has 0 aliphatic heterocycles. The summed E-state index contributed by atoms with van der Waals surface area (Å²) in [5.74, 6) is 0.560. The van der Waals surface area contributed by atoms with E-state index in [0.717, 1.165) is 5.56 Å². The highest BCUT2D eigenvalue weighted by Crippen LogP contribution is 2.31. The number of aryl methyl sites for hydroxylation is 1. The number of carbonyl (C=O) groups is 1. The zero-order chi connectivity index (χ0) is 23.5. The number of para-hydroxylation sites is 1. The van der Waals surface area contributed by atoms with Crippen molar-refractivity contribution in [1.29, 1.82) is 0 Å². The number of amides is 1. The summed E-state index contributed by atoms with van der Waals surface area (Å²) < 4.78 is 32.5. The first kappa shape index (κ1) is 23.6. The Labute approximate surface area is 188 Å². The van der Waals surface area contributed by atoms with Gasteiger partial charge in [0.25, 0.3) is 11.8 Å². The fourth-order valence-electron chi connectivity index (χ4n) is 3.29. The van der Waals surface area contributed by atoms with E-state index in [1.54, 1.807) is 32.0 Å². The topological polar surface area (TPSA) is 105 Å². The highest BCUT2D eigenvalue weighted by molar-refractivity contribution is 7.89. The Morgan fingerprint density at radius 2 is 1.81 bits per heavy atom. The molecule has 0 radical (unpaired) electrons. The van der Waals surface area contributed by atoms with E-state index >= 15 is 0 Å². The number of carbonyl (C=O) groups excluding carboxylic acids is 1. The number of nitrogens with one attached hydrogen (secondary N) is 1. The first-order chi connectivity index (χ1) is 15.2. The predicted octanol–water partition coefficient (Wildman–Crippen LogP) is 4.45. The average molecular weight is 457 g/mol. The molecule has 0 aliphatic carbocycles. The molecule has 1 amide bonds. The van der Waals surface area contributed by atoms with Crippen molar-refractivity contribution in [2.45, 2.75) is 45.4 Å². The lowest BCUT2D eigenvalue weighted by Crippen LogP contribution is -2.30. The molecule has 1 heterocycles. The average Bonchev–Trinajstić information content (AvgIpc) is 3.26. The largest absolute Gasteiger partial charge is 0.334 e. The lowest BCUT2D eigenvalue weighted by atomic mass is 10.1. The van der Waals surface area contributed by atoms with E-state index in [-0.39, 0.29) is 16.4 Å². The van der Waals surface area contributed by atoms with E-state index in [1.807, 2.05) is 32.9 Å². The van der Waals surface area contributed by atoms with E-state index in [0.29, 0.717) is 36.1 Å². The highest BCUT2D eigenvalue weighted by Gasteiger charge is 2.23. The molecule has 32 heavy (non-hydrogen) atoms. The van der Waals surface area contributed by atoms with Gasteiger partial charge in [-0.2, -0.15) is 9.29 Å². The van der Waals surface area contributed by atoms with Crippen LogP contribution in [-0.4, -0.2) is 41.9 Å². The normalized spacial score (nSPS) is 11.8.